The number of hydrogen-bond donors (Lipinski definition) is 0. The Morgan fingerprint density at radius 2 is 1.26 bits per heavy atom. The summed E-state index contributed by atoms with van der Waals surface area (Å²) in [4.78, 5) is 12.0. The van der Waals surface area contributed by atoms with Crippen LogP contribution in [0.15, 0.2) is 18.2 Å². The number of esters is 1. The average molecular weight is 398 g/mol. The van der Waals surface area contributed by atoms with Crippen LogP contribution in [0.2, 0.25) is 0 Å². The summed E-state index contributed by atoms with van der Waals surface area (Å²) in [6.07, 6.45) is -2.67. The molecule has 0 aromatic heterocycles. The summed E-state index contributed by atoms with van der Waals surface area (Å²) in [6.45, 7) is 1.90. The van der Waals surface area contributed by atoms with E-state index in [1.54, 1.807) is 0 Å². The zero-order valence-corrected chi connectivity index (χ0v) is 15.2. The van der Waals surface area contributed by atoms with Crippen LogP contribution in [0, 0.1) is 0 Å². The predicted molar refractivity (Wildman–Crippen MR) is 89.3 cm³/mol. The molecular weight excluding hydrogens is 374 g/mol. The summed E-state index contributed by atoms with van der Waals surface area (Å²) >= 11 is 0. The fourth-order valence-electron chi connectivity index (χ4n) is 2.72. The van der Waals surface area contributed by atoms with E-state index in [1.807, 2.05) is 0 Å². The summed E-state index contributed by atoms with van der Waals surface area (Å²) in [5.41, 5.74) is -4.76. The molecule has 0 aliphatic rings. The maximum absolute atomic E-state index is 13.0. The van der Waals surface area contributed by atoms with Gasteiger partial charge in [0.2, 0.25) is 0 Å². The molecule has 0 saturated carbocycles. The first-order valence-electron chi connectivity index (χ1n) is 9.03. The third-order valence-electron chi connectivity index (χ3n) is 4.11. The number of unbranched alkanes of at least 4 members (excludes halogenated alkanes) is 7. The number of alkyl halides is 6. The van der Waals surface area contributed by atoms with Crippen molar-refractivity contribution < 1.29 is 35.9 Å². The predicted octanol–water partition coefficient (Wildman–Crippen LogP) is 7.02. The lowest BCUT2D eigenvalue weighted by Crippen LogP contribution is -2.21. The van der Waals surface area contributed by atoms with Gasteiger partial charge in [-0.1, -0.05) is 57.9 Å². The van der Waals surface area contributed by atoms with Crippen LogP contribution >= 0.6 is 0 Å². The molecule has 0 atom stereocenters. The number of hydrogen-bond acceptors (Lipinski definition) is 2. The number of halogens is 6. The summed E-state index contributed by atoms with van der Waals surface area (Å²) in [5.74, 6) is -1.60. The Morgan fingerprint density at radius 3 is 1.70 bits per heavy atom. The van der Waals surface area contributed by atoms with Gasteiger partial charge in [-0.3, -0.25) is 0 Å². The minimum Gasteiger partial charge on any atom is -0.462 e. The topological polar surface area (TPSA) is 26.3 Å². The molecule has 0 amide bonds. The number of carbonyl (C=O) groups excluding carboxylic acids is 1. The van der Waals surface area contributed by atoms with Crippen molar-refractivity contribution in [2.75, 3.05) is 6.61 Å². The van der Waals surface area contributed by atoms with Gasteiger partial charge < -0.3 is 4.74 Å². The summed E-state index contributed by atoms with van der Waals surface area (Å²) in [7, 11) is 0. The summed E-state index contributed by atoms with van der Waals surface area (Å²) < 4.78 is 82.8. The van der Waals surface area contributed by atoms with E-state index < -0.39 is 35.0 Å². The van der Waals surface area contributed by atoms with Crippen molar-refractivity contribution in [3.8, 4) is 0 Å². The van der Waals surface area contributed by atoms with Crippen LogP contribution in [0.5, 0.6) is 0 Å². The van der Waals surface area contributed by atoms with E-state index in [1.165, 1.54) is 0 Å². The van der Waals surface area contributed by atoms with E-state index in [0.29, 0.717) is 31.0 Å². The second-order valence-electron chi connectivity index (χ2n) is 6.33. The highest BCUT2D eigenvalue weighted by atomic mass is 19.4. The van der Waals surface area contributed by atoms with Gasteiger partial charge in [-0.15, -0.1) is 0 Å². The van der Waals surface area contributed by atoms with Crippen LogP contribution in [0.3, 0.4) is 0 Å². The fraction of sp³-hybridized carbons (Fsp3) is 0.632. The summed E-state index contributed by atoms with van der Waals surface area (Å²) in [6, 6.07) is 1.52. The molecule has 0 unspecified atom stereocenters. The molecule has 0 spiro atoms. The van der Waals surface area contributed by atoms with Crippen LogP contribution in [0.1, 0.15) is 79.8 Å². The van der Waals surface area contributed by atoms with Gasteiger partial charge in [0.05, 0.1) is 23.3 Å². The largest absolute Gasteiger partial charge is 0.462 e. The monoisotopic (exact) mass is 398 g/mol. The van der Waals surface area contributed by atoms with Crippen LogP contribution in [0.25, 0.3) is 0 Å². The van der Waals surface area contributed by atoms with Crippen LogP contribution in [-0.4, -0.2) is 12.6 Å². The molecule has 2 nitrogen and oxygen atoms in total. The molecule has 1 aromatic carbocycles. The quantitative estimate of drug-likeness (QED) is 0.240. The Hall–Kier alpha value is -1.73. The molecule has 1 rings (SSSR count). The molecule has 0 fully saturated rings. The third kappa shape index (κ3) is 7.81. The van der Waals surface area contributed by atoms with Crippen molar-refractivity contribution >= 4 is 5.97 Å². The van der Waals surface area contributed by atoms with E-state index >= 15 is 0 Å². The van der Waals surface area contributed by atoms with E-state index in [0.717, 1.165) is 38.5 Å². The van der Waals surface area contributed by atoms with Gasteiger partial charge in [0, 0.05) is 0 Å². The molecule has 1 aromatic rings. The first-order chi connectivity index (χ1) is 12.6. The normalized spacial score (nSPS) is 12.3. The molecule has 0 aliphatic heterocycles. The Kier molecular flexibility index (Phi) is 9.12. The summed E-state index contributed by atoms with van der Waals surface area (Å²) in [5, 5.41) is 0. The van der Waals surface area contributed by atoms with Gasteiger partial charge in [-0.25, -0.2) is 4.79 Å². The molecule has 154 valence electrons. The zero-order valence-electron chi connectivity index (χ0n) is 15.2. The van der Waals surface area contributed by atoms with Crippen LogP contribution < -0.4 is 0 Å². The van der Waals surface area contributed by atoms with Gasteiger partial charge in [0.25, 0.3) is 0 Å². The Bertz CT molecular complexity index is 561. The van der Waals surface area contributed by atoms with Crippen molar-refractivity contribution in [2.24, 2.45) is 0 Å². The second-order valence-corrected chi connectivity index (χ2v) is 6.33. The Labute approximate surface area is 154 Å². The van der Waals surface area contributed by atoms with Crippen molar-refractivity contribution in [3.05, 3.63) is 34.9 Å². The van der Waals surface area contributed by atoms with Crippen molar-refractivity contribution in [1.29, 1.82) is 0 Å². The highest BCUT2D eigenvalue weighted by Gasteiger charge is 2.43. The second kappa shape index (κ2) is 10.6. The minimum atomic E-state index is -5.09. The number of ether oxygens (including phenoxy) is 1. The molecule has 0 N–H and O–H groups in total. The first kappa shape index (κ1) is 23.3. The molecule has 0 aliphatic carbocycles. The van der Waals surface area contributed by atoms with E-state index in [-0.39, 0.29) is 6.61 Å². The number of rotatable bonds is 10. The van der Waals surface area contributed by atoms with E-state index in [9.17, 15) is 31.1 Å². The number of carbonyl (C=O) groups is 1. The highest BCUT2D eigenvalue weighted by Crippen LogP contribution is 2.39. The molecular formula is C19H24F6O2. The lowest BCUT2D eigenvalue weighted by atomic mass is 10.00. The van der Waals surface area contributed by atoms with Crippen molar-refractivity contribution in [2.45, 2.75) is 70.6 Å². The first-order valence-corrected chi connectivity index (χ1v) is 9.03. The lowest BCUT2D eigenvalue weighted by molar-refractivity contribution is -0.144. The van der Waals surface area contributed by atoms with E-state index in [4.69, 9.17) is 4.74 Å². The molecule has 0 bridgehead atoms. The highest BCUT2D eigenvalue weighted by molar-refractivity contribution is 5.93. The van der Waals surface area contributed by atoms with Gasteiger partial charge in [-0.05, 0) is 18.6 Å². The third-order valence-corrected chi connectivity index (χ3v) is 4.11. The SMILES string of the molecule is CCCCCCCCCCOC(=O)c1c(C(F)(F)F)cccc1C(F)(F)F. The van der Waals surface area contributed by atoms with Crippen molar-refractivity contribution in [3.63, 3.8) is 0 Å². The van der Waals surface area contributed by atoms with Gasteiger partial charge in [0.1, 0.15) is 0 Å². The molecule has 0 radical (unpaired) electrons. The van der Waals surface area contributed by atoms with Crippen LogP contribution in [0.4, 0.5) is 26.3 Å². The maximum atomic E-state index is 13.0. The Balaban J connectivity index is 2.66. The molecule has 27 heavy (non-hydrogen) atoms. The maximum Gasteiger partial charge on any atom is 0.417 e. The van der Waals surface area contributed by atoms with Crippen molar-refractivity contribution in [1.82, 2.24) is 0 Å². The van der Waals surface area contributed by atoms with Gasteiger partial charge >= 0.3 is 18.3 Å². The van der Waals surface area contributed by atoms with Gasteiger partial charge in [0.15, 0.2) is 0 Å². The standard InChI is InChI=1S/C19H24F6O2/c1-2-3-4-5-6-7-8-9-13-27-17(26)16-14(18(20,21)22)11-10-12-15(16)19(23,24)25/h10-12H,2-9,13H2,1H3. The molecule has 8 heteroatoms. The lowest BCUT2D eigenvalue weighted by Gasteiger charge is -2.17. The van der Waals surface area contributed by atoms with Gasteiger partial charge in [-0.2, -0.15) is 26.3 Å². The smallest absolute Gasteiger partial charge is 0.417 e. The molecule has 0 saturated heterocycles. The zero-order chi connectivity index (χ0) is 20.5. The Morgan fingerprint density at radius 1 is 0.815 bits per heavy atom. The molecule has 0 heterocycles. The van der Waals surface area contributed by atoms with Crippen LogP contribution in [-0.2, 0) is 17.1 Å². The number of benzene rings is 1. The van der Waals surface area contributed by atoms with E-state index in [2.05, 4.69) is 6.92 Å². The minimum absolute atomic E-state index is 0.211. The average Bonchev–Trinajstić information content (AvgIpc) is 2.58. The fourth-order valence-corrected chi connectivity index (χ4v) is 2.72.